The number of nitrogens with one attached hydrogen (secondary N) is 1. The highest BCUT2D eigenvalue weighted by Gasteiger charge is 2.07. The summed E-state index contributed by atoms with van der Waals surface area (Å²) in [7, 11) is 1.99. The molecule has 0 aliphatic rings. The topological polar surface area (TPSA) is 15.3 Å². The van der Waals surface area contributed by atoms with Crippen LogP contribution in [-0.4, -0.2) is 13.6 Å². The average Bonchev–Trinajstić information content (AvgIpc) is 2.48. The van der Waals surface area contributed by atoms with Crippen molar-refractivity contribution in [2.24, 2.45) is 0 Å². The number of halogens is 1. The molecule has 0 amide bonds. The Morgan fingerprint density at radius 3 is 2.52 bits per heavy atom. The van der Waals surface area contributed by atoms with Gasteiger partial charge in [0.25, 0.3) is 0 Å². The Morgan fingerprint density at radius 1 is 1.10 bits per heavy atom. The van der Waals surface area contributed by atoms with Crippen molar-refractivity contribution in [1.29, 1.82) is 0 Å². The van der Waals surface area contributed by atoms with Gasteiger partial charge in [0, 0.05) is 31.4 Å². The smallest absolute Gasteiger partial charge is 0.128 e. The lowest BCUT2D eigenvalue weighted by atomic mass is 10.1. The number of hydrogen-bond donors (Lipinski definition) is 1. The van der Waals surface area contributed by atoms with Crippen LogP contribution in [0.2, 0.25) is 0 Å². The van der Waals surface area contributed by atoms with Crippen LogP contribution >= 0.6 is 0 Å². The third kappa shape index (κ3) is 4.05. The fraction of sp³-hybridized carbons (Fsp3) is 0.333. The van der Waals surface area contributed by atoms with E-state index in [4.69, 9.17) is 0 Å². The van der Waals surface area contributed by atoms with Gasteiger partial charge in [-0.15, -0.1) is 0 Å². The molecule has 2 aromatic carbocycles. The molecule has 0 bridgehead atoms. The largest absolute Gasteiger partial charge is 0.370 e. The van der Waals surface area contributed by atoms with Crippen LogP contribution in [0.1, 0.15) is 23.6 Å². The third-order valence-corrected chi connectivity index (χ3v) is 3.70. The molecule has 0 unspecified atom stereocenters. The van der Waals surface area contributed by atoms with Crippen LogP contribution in [0, 0.1) is 12.7 Å². The molecular weight excluding hydrogens is 263 g/mol. The van der Waals surface area contributed by atoms with Gasteiger partial charge in [-0.3, -0.25) is 0 Å². The number of anilines is 1. The molecule has 0 saturated carbocycles. The van der Waals surface area contributed by atoms with Gasteiger partial charge in [-0.05, 0) is 42.8 Å². The van der Waals surface area contributed by atoms with Gasteiger partial charge in [-0.1, -0.05) is 31.2 Å². The number of hydrogen-bond acceptors (Lipinski definition) is 2. The first kappa shape index (κ1) is 15.5. The monoisotopic (exact) mass is 286 g/mol. The Bertz CT molecular complexity index is 596. The van der Waals surface area contributed by atoms with Gasteiger partial charge in [0.15, 0.2) is 0 Å². The highest BCUT2D eigenvalue weighted by molar-refractivity contribution is 5.50. The average molecular weight is 286 g/mol. The fourth-order valence-electron chi connectivity index (χ4n) is 2.35. The van der Waals surface area contributed by atoms with Gasteiger partial charge in [-0.25, -0.2) is 4.39 Å². The highest BCUT2D eigenvalue weighted by Crippen LogP contribution is 2.20. The zero-order valence-corrected chi connectivity index (χ0v) is 13.0. The van der Waals surface area contributed by atoms with Crippen molar-refractivity contribution in [2.45, 2.75) is 26.9 Å². The van der Waals surface area contributed by atoms with E-state index >= 15 is 0 Å². The van der Waals surface area contributed by atoms with Crippen LogP contribution in [0.4, 0.5) is 10.1 Å². The van der Waals surface area contributed by atoms with Crippen LogP contribution in [0.25, 0.3) is 0 Å². The van der Waals surface area contributed by atoms with E-state index in [-0.39, 0.29) is 5.82 Å². The predicted molar refractivity (Wildman–Crippen MR) is 87.1 cm³/mol. The lowest BCUT2D eigenvalue weighted by molar-refractivity contribution is 0.608. The molecule has 0 aliphatic heterocycles. The fourth-order valence-corrected chi connectivity index (χ4v) is 2.35. The van der Waals surface area contributed by atoms with Gasteiger partial charge in [0.1, 0.15) is 5.82 Å². The number of nitrogens with zero attached hydrogens (tertiary/aromatic N) is 1. The Hall–Kier alpha value is -1.87. The first-order valence-electron chi connectivity index (χ1n) is 7.36. The van der Waals surface area contributed by atoms with Crippen molar-refractivity contribution in [3.8, 4) is 0 Å². The van der Waals surface area contributed by atoms with Crippen molar-refractivity contribution in [1.82, 2.24) is 5.32 Å². The minimum atomic E-state index is -0.148. The molecule has 0 atom stereocenters. The molecule has 3 heteroatoms. The van der Waals surface area contributed by atoms with Gasteiger partial charge >= 0.3 is 0 Å². The number of benzene rings is 2. The summed E-state index contributed by atoms with van der Waals surface area (Å²) in [6.07, 6.45) is 0. The lowest BCUT2D eigenvalue weighted by Crippen LogP contribution is -2.18. The van der Waals surface area contributed by atoms with E-state index in [1.54, 1.807) is 6.07 Å². The minimum absolute atomic E-state index is 0.148. The van der Waals surface area contributed by atoms with Gasteiger partial charge in [0.2, 0.25) is 0 Å². The summed E-state index contributed by atoms with van der Waals surface area (Å²) in [6, 6.07) is 13.3. The Morgan fingerprint density at radius 2 is 1.86 bits per heavy atom. The third-order valence-electron chi connectivity index (χ3n) is 3.70. The van der Waals surface area contributed by atoms with Gasteiger partial charge in [-0.2, -0.15) is 0 Å². The maximum Gasteiger partial charge on any atom is 0.128 e. The molecule has 1 N–H and O–H groups in total. The van der Waals surface area contributed by atoms with Crippen LogP contribution in [-0.2, 0) is 13.1 Å². The van der Waals surface area contributed by atoms with Crippen LogP contribution in [0.5, 0.6) is 0 Å². The summed E-state index contributed by atoms with van der Waals surface area (Å²) in [5, 5.41) is 3.34. The highest BCUT2D eigenvalue weighted by atomic mass is 19.1. The second-order valence-corrected chi connectivity index (χ2v) is 5.34. The van der Waals surface area contributed by atoms with E-state index in [1.165, 1.54) is 17.2 Å². The molecule has 0 spiro atoms. The van der Waals surface area contributed by atoms with Crippen molar-refractivity contribution in [3.05, 3.63) is 65.0 Å². The van der Waals surface area contributed by atoms with Crippen molar-refractivity contribution >= 4 is 5.69 Å². The van der Waals surface area contributed by atoms with Gasteiger partial charge < -0.3 is 10.2 Å². The molecule has 2 aromatic rings. The van der Waals surface area contributed by atoms with E-state index in [2.05, 4.69) is 42.3 Å². The molecule has 0 fully saturated rings. The summed E-state index contributed by atoms with van der Waals surface area (Å²) >= 11 is 0. The van der Waals surface area contributed by atoms with Crippen LogP contribution in [0.3, 0.4) is 0 Å². The summed E-state index contributed by atoms with van der Waals surface area (Å²) in [5.74, 6) is -0.148. The van der Waals surface area contributed by atoms with Gasteiger partial charge in [0.05, 0.1) is 0 Å². The summed E-state index contributed by atoms with van der Waals surface area (Å²) in [5.41, 5.74) is 4.39. The lowest BCUT2D eigenvalue weighted by Gasteiger charge is -2.21. The van der Waals surface area contributed by atoms with E-state index in [0.29, 0.717) is 6.54 Å². The second kappa shape index (κ2) is 7.23. The Balaban J connectivity index is 2.11. The standard InChI is InChI=1S/C18H23FN2/c1-4-20-12-15-9-10-17(11-14(15)2)21(3)13-16-7-5-6-8-18(16)19/h5-11,20H,4,12-13H2,1-3H3. The SMILES string of the molecule is CCNCc1ccc(N(C)Cc2ccccc2F)cc1C. The molecular formula is C18H23FN2. The zero-order valence-electron chi connectivity index (χ0n) is 13.0. The molecule has 2 nitrogen and oxygen atoms in total. The minimum Gasteiger partial charge on any atom is -0.370 e. The molecule has 0 heterocycles. The predicted octanol–water partition coefficient (Wildman–Crippen LogP) is 3.88. The summed E-state index contributed by atoms with van der Waals surface area (Å²) < 4.78 is 13.7. The summed E-state index contributed by atoms with van der Waals surface area (Å²) in [6.45, 7) is 6.64. The van der Waals surface area contributed by atoms with Crippen LogP contribution < -0.4 is 10.2 Å². The van der Waals surface area contributed by atoms with E-state index in [0.717, 1.165) is 24.3 Å². The quantitative estimate of drug-likeness (QED) is 0.867. The van der Waals surface area contributed by atoms with E-state index in [1.807, 2.05) is 19.2 Å². The molecule has 21 heavy (non-hydrogen) atoms. The van der Waals surface area contributed by atoms with Crippen molar-refractivity contribution in [2.75, 3.05) is 18.5 Å². The maximum absolute atomic E-state index is 13.7. The second-order valence-electron chi connectivity index (χ2n) is 5.34. The molecule has 0 aromatic heterocycles. The number of aryl methyl sites for hydroxylation is 1. The molecule has 0 aliphatic carbocycles. The molecule has 2 rings (SSSR count). The number of rotatable bonds is 6. The first-order valence-corrected chi connectivity index (χ1v) is 7.36. The van der Waals surface area contributed by atoms with E-state index < -0.39 is 0 Å². The normalized spacial score (nSPS) is 10.7. The molecule has 0 saturated heterocycles. The maximum atomic E-state index is 13.7. The summed E-state index contributed by atoms with van der Waals surface area (Å²) in [4.78, 5) is 2.07. The Kier molecular flexibility index (Phi) is 5.34. The first-order chi connectivity index (χ1) is 10.1. The van der Waals surface area contributed by atoms with Crippen LogP contribution in [0.15, 0.2) is 42.5 Å². The van der Waals surface area contributed by atoms with Crippen molar-refractivity contribution in [3.63, 3.8) is 0 Å². The molecule has 112 valence electrons. The van der Waals surface area contributed by atoms with E-state index in [9.17, 15) is 4.39 Å². The Labute approximate surface area is 126 Å². The molecule has 0 radical (unpaired) electrons. The zero-order chi connectivity index (χ0) is 15.2. The van der Waals surface area contributed by atoms with Crippen molar-refractivity contribution < 1.29 is 4.39 Å².